The van der Waals surface area contributed by atoms with Gasteiger partial charge in [-0.05, 0) is 54.2 Å². The minimum Gasteiger partial charge on any atom is -0.207 e. The molecule has 0 heterocycles. The van der Waals surface area contributed by atoms with Crippen LogP contribution in [0, 0.1) is 17.6 Å². The molecule has 1 aliphatic carbocycles. The van der Waals surface area contributed by atoms with Crippen LogP contribution in [0.4, 0.5) is 8.78 Å². The Bertz CT molecular complexity index is 520. The average molecular weight is 286 g/mol. The Labute approximate surface area is 124 Å². The molecule has 1 fully saturated rings. The van der Waals surface area contributed by atoms with Crippen LogP contribution in [0.25, 0.3) is 0 Å². The summed E-state index contributed by atoms with van der Waals surface area (Å²) in [5.74, 6) is 0.390. The van der Waals surface area contributed by atoms with Gasteiger partial charge in [0.05, 0.1) is 0 Å². The van der Waals surface area contributed by atoms with E-state index in [4.69, 9.17) is 0 Å². The fourth-order valence-corrected chi connectivity index (χ4v) is 3.54. The van der Waals surface area contributed by atoms with Crippen LogP contribution in [-0.2, 0) is 0 Å². The van der Waals surface area contributed by atoms with Crippen molar-refractivity contribution >= 4 is 0 Å². The van der Waals surface area contributed by atoms with Crippen molar-refractivity contribution in [2.24, 2.45) is 5.92 Å². The first-order chi connectivity index (χ1) is 10.2. The molecule has 2 aromatic rings. The van der Waals surface area contributed by atoms with Gasteiger partial charge < -0.3 is 0 Å². The smallest absolute Gasteiger partial charge is 0.123 e. The van der Waals surface area contributed by atoms with Crippen LogP contribution in [0.15, 0.2) is 48.5 Å². The zero-order valence-corrected chi connectivity index (χ0v) is 12.1. The molecule has 110 valence electrons. The second kappa shape index (κ2) is 6.38. The van der Waals surface area contributed by atoms with Gasteiger partial charge in [0.25, 0.3) is 0 Å². The van der Waals surface area contributed by atoms with Crippen molar-refractivity contribution in [3.63, 3.8) is 0 Å². The van der Waals surface area contributed by atoms with Crippen molar-refractivity contribution in [1.29, 1.82) is 0 Å². The Balaban J connectivity index is 1.97. The quantitative estimate of drug-likeness (QED) is 0.681. The minimum absolute atomic E-state index is 0.208. The Morgan fingerprint density at radius 2 is 1.10 bits per heavy atom. The zero-order valence-electron chi connectivity index (χ0n) is 12.1. The predicted molar refractivity (Wildman–Crippen MR) is 81.2 cm³/mol. The average Bonchev–Trinajstić information content (AvgIpc) is 2.52. The SMILES string of the molecule is Fc1ccc(C(c2ccc(F)cc2)C2CCCCC2)cc1. The van der Waals surface area contributed by atoms with Crippen LogP contribution in [0.5, 0.6) is 0 Å². The molecule has 0 aliphatic heterocycles. The van der Waals surface area contributed by atoms with Gasteiger partial charge in [0.15, 0.2) is 0 Å². The number of hydrogen-bond donors (Lipinski definition) is 0. The highest BCUT2D eigenvalue weighted by molar-refractivity contribution is 5.33. The van der Waals surface area contributed by atoms with E-state index < -0.39 is 0 Å². The topological polar surface area (TPSA) is 0 Å². The van der Waals surface area contributed by atoms with E-state index in [-0.39, 0.29) is 17.6 Å². The third-order valence-electron chi connectivity index (χ3n) is 4.58. The van der Waals surface area contributed by atoms with Crippen LogP contribution >= 0.6 is 0 Å². The summed E-state index contributed by atoms with van der Waals surface area (Å²) in [6.45, 7) is 0. The highest BCUT2D eigenvalue weighted by Crippen LogP contribution is 2.40. The molecule has 0 N–H and O–H groups in total. The van der Waals surface area contributed by atoms with Crippen molar-refractivity contribution in [1.82, 2.24) is 0 Å². The van der Waals surface area contributed by atoms with Crippen molar-refractivity contribution in [3.8, 4) is 0 Å². The molecule has 0 aromatic heterocycles. The normalized spacial score (nSPS) is 16.3. The third-order valence-corrected chi connectivity index (χ3v) is 4.58. The maximum Gasteiger partial charge on any atom is 0.123 e. The molecule has 1 aliphatic rings. The van der Waals surface area contributed by atoms with Gasteiger partial charge in [-0.25, -0.2) is 8.78 Å². The molecular formula is C19H20F2. The van der Waals surface area contributed by atoms with Crippen molar-refractivity contribution in [2.45, 2.75) is 38.0 Å². The lowest BCUT2D eigenvalue weighted by molar-refractivity contribution is 0.327. The van der Waals surface area contributed by atoms with Crippen LogP contribution < -0.4 is 0 Å². The second-order valence-corrected chi connectivity index (χ2v) is 5.98. The van der Waals surface area contributed by atoms with Crippen LogP contribution in [0.1, 0.15) is 49.1 Å². The maximum absolute atomic E-state index is 13.2. The number of halogens is 2. The van der Waals surface area contributed by atoms with Gasteiger partial charge in [0.2, 0.25) is 0 Å². The Hall–Kier alpha value is -1.70. The van der Waals surface area contributed by atoms with Gasteiger partial charge in [-0.1, -0.05) is 43.5 Å². The van der Waals surface area contributed by atoms with E-state index in [1.165, 1.54) is 56.4 Å². The summed E-state index contributed by atoms with van der Waals surface area (Å²) in [6, 6.07) is 13.6. The van der Waals surface area contributed by atoms with Gasteiger partial charge >= 0.3 is 0 Å². The fourth-order valence-electron chi connectivity index (χ4n) is 3.54. The summed E-state index contributed by atoms with van der Waals surface area (Å²) in [7, 11) is 0. The summed E-state index contributed by atoms with van der Waals surface area (Å²) < 4.78 is 26.4. The lowest BCUT2D eigenvalue weighted by Crippen LogP contribution is -2.17. The van der Waals surface area contributed by atoms with Gasteiger partial charge in [-0.3, -0.25) is 0 Å². The molecule has 0 atom stereocenters. The largest absolute Gasteiger partial charge is 0.207 e. The highest BCUT2D eigenvalue weighted by Gasteiger charge is 2.26. The van der Waals surface area contributed by atoms with Gasteiger partial charge in [-0.2, -0.15) is 0 Å². The van der Waals surface area contributed by atoms with Gasteiger partial charge in [-0.15, -0.1) is 0 Å². The molecule has 0 amide bonds. The van der Waals surface area contributed by atoms with E-state index >= 15 is 0 Å². The minimum atomic E-state index is -0.208. The predicted octanol–water partition coefficient (Wildman–Crippen LogP) is 5.68. The lowest BCUT2D eigenvalue weighted by atomic mass is 9.73. The number of benzene rings is 2. The first-order valence-corrected chi connectivity index (χ1v) is 7.75. The van der Waals surface area contributed by atoms with Crippen molar-refractivity contribution in [3.05, 3.63) is 71.3 Å². The first-order valence-electron chi connectivity index (χ1n) is 7.75. The summed E-state index contributed by atoms with van der Waals surface area (Å²) in [4.78, 5) is 0. The molecule has 0 unspecified atom stereocenters. The van der Waals surface area contributed by atoms with E-state index in [2.05, 4.69) is 0 Å². The monoisotopic (exact) mass is 286 g/mol. The Morgan fingerprint density at radius 1 is 0.667 bits per heavy atom. The fraction of sp³-hybridized carbons (Fsp3) is 0.368. The molecule has 0 bridgehead atoms. The van der Waals surface area contributed by atoms with Crippen molar-refractivity contribution < 1.29 is 8.78 Å². The molecule has 1 saturated carbocycles. The van der Waals surface area contributed by atoms with Gasteiger partial charge in [0.1, 0.15) is 11.6 Å². The van der Waals surface area contributed by atoms with Crippen LogP contribution in [0.3, 0.4) is 0 Å². The van der Waals surface area contributed by atoms with E-state index in [1.54, 1.807) is 0 Å². The Morgan fingerprint density at radius 3 is 1.52 bits per heavy atom. The zero-order chi connectivity index (χ0) is 14.7. The van der Waals surface area contributed by atoms with Crippen molar-refractivity contribution in [2.75, 3.05) is 0 Å². The molecule has 0 saturated heterocycles. The lowest BCUT2D eigenvalue weighted by Gasteiger charge is -2.31. The molecular weight excluding hydrogens is 266 g/mol. The van der Waals surface area contributed by atoms with Crippen LogP contribution in [-0.4, -0.2) is 0 Å². The van der Waals surface area contributed by atoms with E-state index in [0.717, 1.165) is 11.1 Å². The van der Waals surface area contributed by atoms with E-state index in [9.17, 15) is 8.78 Å². The molecule has 3 rings (SSSR count). The number of hydrogen-bond acceptors (Lipinski definition) is 0. The molecule has 0 radical (unpaired) electrons. The van der Waals surface area contributed by atoms with E-state index in [0.29, 0.717) is 5.92 Å². The molecule has 0 nitrogen and oxygen atoms in total. The van der Waals surface area contributed by atoms with Gasteiger partial charge in [0, 0.05) is 5.92 Å². The number of rotatable bonds is 3. The standard InChI is InChI=1S/C19H20F2/c20-17-10-6-15(7-11-17)19(14-4-2-1-3-5-14)16-8-12-18(21)13-9-16/h6-14,19H,1-5H2. The summed E-state index contributed by atoms with van der Waals surface area (Å²) in [5.41, 5.74) is 2.27. The summed E-state index contributed by atoms with van der Waals surface area (Å²) in [5, 5.41) is 0. The van der Waals surface area contributed by atoms with Crippen LogP contribution in [0.2, 0.25) is 0 Å². The van der Waals surface area contributed by atoms with E-state index in [1.807, 2.05) is 24.3 Å². The summed E-state index contributed by atoms with van der Waals surface area (Å²) >= 11 is 0. The third kappa shape index (κ3) is 3.31. The highest BCUT2D eigenvalue weighted by atomic mass is 19.1. The second-order valence-electron chi connectivity index (χ2n) is 5.98. The summed E-state index contributed by atoms with van der Waals surface area (Å²) in [6.07, 6.45) is 6.20. The molecule has 21 heavy (non-hydrogen) atoms. The maximum atomic E-state index is 13.2. The molecule has 0 spiro atoms. The molecule has 2 aromatic carbocycles. The Kier molecular flexibility index (Phi) is 4.33. The first kappa shape index (κ1) is 14.2. The molecule has 2 heteroatoms.